The Bertz CT molecular complexity index is 1050. The second-order valence-electron chi connectivity index (χ2n) is 8.42. The van der Waals surface area contributed by atoms with E-state index in [1.807, 2.05) is 64.4 Å². The van der Waals surface area contributed by atoms with E-state index >= 15 is 0 Å². The number of nitrogens with zero attached hydrogens (tertiary/aromatic N) is 2. The molecule has 2 fully saturated rings. The number of hydrogen-bond acceptors (Lipinski definition) is 5. The van der Waals surface area contributed by atoms with Gasteiger partial charge in [-0.25, -0.2) is 8.42 Å². The Morgan fingerprint density at radius 3 is 2.28 bits per heavy atom. The third-order valence-corrected chi connectivity index (χ3v) is 7.75. The Morgan fingerprint density at radius 1 is 0.906 bits per heavy atom. The number of benzene rings is 2. The van der Waals surface area contributed by atoms with Crippen molar-refractivity contribution in [1.82, 2.24) is 15.1 Å². The van der Waals surface area contributed by atoms with Crippen molar-refractivity contribution in [3.05, 3.63) is 71.3 Å². The summed E-state index contributed by atoms with van der Waals surface area (Å²) in [5, 5.41) is 3.00. The monoisotopic (exact) mass is 455 g/mol. The molecule has 8 heteroatoms. The number of rotatable bonds is 6. The zero-order valence-electron chi connectivity index (χ0n) is 18.1. The molecule has 2 aromatic carbocycles. The number of likely N-dealkylation sites (tertiary alicyclic amines) is 1. The Hall–Kier alpha value is -2.71. The molecular weight excluding hydrogens is 426 g/mol. The van der Waals surface area contributed by atoms with Gasteiger partial charge in [-0.15, -0.1) is 0 Å². The number of hydrogen-bond donors (Lipinski definition) is 1. The molecule has 1 unspecified atom stereocenters. The van der Waals surface area contributed by atoms with Crippen LogP contribution in [-0.2, 0) is 21.2 Å². The molecule has 7 nitrogen and oxygen atoms in total. The van der Waals surface area contributed by atoms with Crippen LogP contribution in [-0.4, -0.2) is 67.7 Å². The van der Waals surface area contributed by atoms with Gasteiger partial charge in [-0.3, -0.25) is 14.5 Å². The topological polar surface area (TPSA) is 86.8 Å². The molecule has 1 atom stereocenters. The first-order valence-corrected chi connectivity index (χ1v) is 12.9. The minimum Gasteiger partial charge on any atom is -0.350 e. The van der Waals surface area contributed by atoms with Gasteiger partial charge in [0.2, 0.25) is 5.91 Å². The lowest BCUT2D eigenvalue weighted by atomic mass is 10.0. The van der Waals surface area contributed by atoms with Crippen molar-refractivity contribution < 1.29 is 18.0 Å². The highest BCUT2D eigenvalue weighted by Gasteiger charge is 2.32. The highest BCUT2D eigenvalue weighted by Crippen LogP contribution is 2.23. The molecule has 2 amide bonds. The molecule has 2 aromatic rings. The summed E-state index contributed by atoms with van der Waals surface area (Å²) in [5.74, 6) is -0.0201. The van der Waals surface area contributed by atoms with Crippen LogP contribution in [0.5, 0.6) is 0 Å². The quantitative estimate of drug-likeness (QED) is 0.720. The second kappa shape index (κ2) is 9.83. The summed E-state index contributed by atoms with van der Waals surface area (Å²) in [6.07, 6.45) is 2.08. The van der Waals surface area contributed by atoms with Crippen molar-refractivity contribution in [3.8, 4) is 0 Å². The Balaban J connectivity index is 1.46. The average Bonchev–Trinajstić information content (AvgIpc) is 3.34. The zero-order valence-corrected chi connectivity index (χ0v) is 18.9. The summed E-state index contributed by atoms with van der Waals surface area (Å²) in [7, 11) is -3.04. The average molecular weight is 456 g/mol. The van der Waals surface area contributed by atoms with Gasteiger partial charge in [0, 0.05) is 38.3 Å². The summed E-state index contributed by atoms with van der Waals surface area (Å²) in [6.45, 7) is 2.55. The maximum absolute atomic E-state index is 13.2. The molecule has 2 saturated heterocycles. The van der Waals surface area contributed by atoms with Crippen LogP contribution in [0.3, 0.4) is 0 Å². The van der Waals surface area contributed by atoms with Gasteiger partial charge in [0.25, 0.3) is 5.91 Å². The number of carbonyl (C=O) groups is 2. The SMILES string of the molecule is O=C(NCc1cccc(C(=O)N2CCCC2)c1)C(c1ccccc1)N1CCS(=O)(=O)CC1. The van der Waals surface area contributed by atoms with Gasteiger partial charge >= 0.3 is 0 Å². The summed E-state index contributed by atoms with van der Waals surface area (Å²) in [5.41, 5.74) is 2.33. The van der Waals surface area contributed by atoms with Gasteiger partial charge in [-0.1, -0.05) is 42.5 Å². The van der Waals surface area contributed by atoms with Crippen LogP contribution < -0.4 is 5.32 Å². The summed E-state index contributed by atoms with van der Waals surface area (Å²) < 4.78 is 23.7. The van der Waals surface area contributed by atoms with Crippen LogP contribution in [0, 0.1) is 0 Å². The summed E-state index contributed by atoms with van der Waals surface area (Å²) in [4.78, 5) is 29.7. The predicted octanol–water partition coefficient (Wildman–Crippen LogP) is 2.01. The van der Waals surface area contributed by atoms with Gasteiger partial charge < -0.3 is 10.2 Å². The maximum Gasteiger partial charge on any atom is 0.253 e. The fraction of sp³-hybridized carbons (Fsp3) is 0.417. The van der Waals surface area contributed by atoms with Crippen molar-refractivity contribution in [3.63, 3.8) is 0 Å². The van der Waals surface area contributed by atoms with E-state index in [-0.39, 0.29) is 23.3 Å². The van der Waals surface area contributed by atoms with Crippen molar-refractivity contribution in [2.75, 3.05) is 37.7 Å². The molecule has 4 rings (SSSR count). The van der Waals surface area contributed by atoms with Crippen LogP contribution >= 0.6 is 0 Å². The highest BCUT2D eigenvalue weighted by atomic mass is 32.2. The molecule has 0 aromatic heterocycles. The van der Waals surface area contributed by atoms with E-state index in [0.29, 0.717) is 25.2 Å². The lowest BCUT2D eigenvalue weighted by Crippen LogP contribution is -2.47. The molecular formula is C24H29N3O4S. The normalized spacial score (nSPS) is 19.4. The minimum absolute atomic E-state index is 0.0346. The molecule has 0 spiro atoms. The standard InChI is InChI=1S/C24H29N3O4S/c28-23(22(20-8-2-1-3-9-20)26-13-15-32(30,31)16-14-26)25-18-19-7-6-10-21(17-19)24(29)27-11-4-5-12-27/h1-3,6-10,17,22H,4-5,11-16,18H2,(H,25,28). The molecule has 2 aliphatic heterocycles. The number of nitrogens with one attached hydrogen (secondary N) is 1. The van der Waals surface area contributed by atoms with Crippen LogP contribution in [0.15, 0.2) is 54.6 Å². The largest absolute Gasteiger partial charge is 0.350 e. The highest BCUT2D eigenvalue weighted by molar-refractivity contribution is 7.91. The van der Waals surface area contributed by atoms with Crippen molar-refractivity contribution >= 4 is 21.7 Å². The van der Waals surface area contributed by atoms with Crippen molar-refractivity contribution in [1.29, 1.82) is 0 Å². The third-order valence-electron chi connectivity index (χ3n) is 6.14. The fourth-order valence-corrected chi connectivity index (χ4v) is 5.58. The van der Waals surface area contributed by atoms with Crippen molar-refractivity contribution in [2.24, 2.45) is 0 Å². The van der Waals surface area contributed by atoms with E-state index < -0.39 is 15.9 Å². The van der Waals surface area contributed by atoms with Gasteiger partial charge in [-0.2, -0.15) is 0 Å². The molecule has 0 saturated carbocycles. The first-order valence-electron chi connectivity index (χ1n) is 11.1. The molecule has 2 aliphatic rings. The maximum atomic E-state index is 13.2. The Labute approximate surface area is 189 Å². The molecule has 0 radical (unpaired) electrons. The smallest absolute Gasteiger partial charge is 0.253 e. The van der Waals surface area contributed by atoms with Crippen LogP contribution in [0.4, 0.5) is 0 Å². The molecule has 0 aliphatic carbocycles. The second-order valence-corrected chi connectivity index (χ2v) is 10.7. The first kappa shape index (κ1) is 22.5. The number of sulfone groups is 1. The number of amides is 2. The zero-order chi connectivity index (χ0) is 22.6. The van der Waals surface area contributed by atoms with Crippen LogP contribution in [0.2, 0.25) is 0 Å². The van der Waals surface area contributed by atoms with E-state index in [1.54, 1.807) is 0 Å². The van der Waals surface area contributed by atoms with E-state index in [1.165, 1.54) is 0 Å². The van der Waals surface area contributed by atoms with Gasteiger partial charge in [-0.05, 0) is 36.1 Å². The van der Waals surface area contributed by atoms with Gasteiger partial charge in [0.15, 0.2) is 9.84 Å². The fourth-order valence-electron chi connectivity index (χ4n) is 4.35. The van der Waals surface area contributed by atoms with Crippen LogP contribution in [0.1, 0.15) is 40.4 Å². The molecule has 2 heterocycles. The van der Waals surface area contributed by atoms with Crippen LogP contribution in [0.25, 0.3) is 0 Å². The Kier molecular flexibility index (Phi) is 6.91. The van der Waals surface area contributed by atoms with Gasteiger partial charge in [0.05, 0.1) is 11.5 Å². The molecule has 170 valence electrons. The van der Waals surface area contributed by atoms with E-state index in [9.17, 15) is 18.0 Å². The predicted molar refractivity (Wildman–Crippen MR) is 123 cm³/mol. The molecule has 0 bridgehead atoms. The summed E-state index contributed by atoms with van der Waals surface area (Å²) in [6, 6.07) is 16.3. The third kappa shape index (κ3) is 5.37. The number of carbonyl (C=O) groups excluding carboxylic acids is 2. The molecule has 32 heavy (non-hydrogen) atoms. The summed E-state index contributed by atoms with van der Waals surface area (Å²) >= 11 is 0. The Morgan fingerprint density at radius 2 is 1.59 bits per heavy atom. The lowest BCUT2D eigenvalue weighted by Gasteiger charge is -2.33. The minimum atomic E-state index is -3.04. The van der Waals surface area contributed by atoms with Crippen molar-refractivity contribution in [2.45, 2.75) is 25.4 Å². The lowest BCUT2D eigenvalue weighted by molar-refractivity contribution is -0.126. The van der Waals surface area contributed by atoms with Gasteiger partial charge in [0.1, 0.15) is 6.04 Å². The van der Waals surface area contributed by atoms with E-state index in [2.05, 4.69) is 5.32 Å². The first-order chi connectivity index (χ1) is 15.4. The molecule has 1 N–H and O–H groups in total. The van der Waals surface area contributed by atoms with E-state index in [4.69, 9.17) is 0 Å². The van der Waals surface area contributed by atoms with E-state index in [0.717, 1.165) is 37.1 Å².